The van der Waals surface area contributed by atoms with Gasteiger partial charge in [-0.15, -0.1) is 15.8 Å². The minimum atomic E-state index is 0.416. The van der Waals surface area contributed by atoms with Crippen LogP contribution in [0.1, 0.15) is 27.7 Å². The van der Waals surface area contributed by atoms with Gasteiger partial charge in [-0.25, -0.2) is 10.8 Å². The molecule has 0 aromatic carbocycles. The van der Waals surface area contributed by atoms with Crippen LogP contribution in [-0.2, 0) is 0 Å². The fraction of sp³-hybridized carbons (Fsp3) is 0.833. The summed E-state index contributed by atoms with van der Waals surface area (Å²) in [5.74, 6) is 0. The van der Waals surface area contributed by atoms with Gasteiger partial charge in [0.05, 0.1) is 10.3 Å². The molecule has 18 heavy (non-hydrogen) atoms. The Labute approximate surface area is 126 Å². The Kier molecular flexibility index (Phi) is 29.6. The summed E-state index contributed by atoms with van der Waals surface area (Å²) < 4.78 is 0. The van der Waals surface area contributed by atoms with Crippen molar-refractivity contribution in [3.05, 3.63) is 0 Å². The average Bonchev–Trinajstić information content (AvgIpc) is 2.37. The van der Waals surface area contributed by atoms with Crippen LogP contribution in [0.15, 0.2) is 0 Å². The molecule has 0 aromatic rings. The number of isothiocyanates is 2. The minimum Gasteiger partial charge on any atom is -0.248 e. The predicted molar refractivity (Wildman–Crippen MR) is 96.4 cm³/mol. The first-order valence-electron chi connectivity index (χ1n) is 6.13. The first kappa shape index (κ1) is 23.5. The Hall–Kier alpha value is 0.460. The van der Waals surface area contributed by atoms with Crippen molar-refractivity contribution in [2.75, 3.05) is 37.0 Å². The lowest BCUT2D eigenvalue weighted by molar-refractivity contribution is 1.31. The maximum Gasteiger partial charge on any atom is 0.0554 e. The second-order valence-electron chi connectivity index (χ2n) is 3.26. The van der Waals surface area contributed by atoms with Crippen LogP contribution in [-0.4, -0.2) is 47.3 Å². The summed E-state index contributed by atoms with van der Waals surface area (Å²) in [6.07, 6.45) is 8.89. The zero-order valence-corrected chi connectivity index (χ0v) is 15.4. The smallest absolute Gasteiger partial charge is 0.0554 e. The summed E-state index contributed by atoms with van der Waals surface area (Å²) in [6.45, 7) is 9.43. The van der Waals surface area contributed by atoms with Crippen LogP contribution >= 0.6 is 40.3 Å². The Bertz CT molecular complexity index is 194. The molecule has 0 aliphatic carbocycles. The maximum atomic E-state index is 5.77. The summed E-state index contributed by atoms with van der Waals surface area (Å²) in [7, 11) is 0.832. The van der Waals surface area contributed by atoms with E-state index in [1.165, 1.54) is 24.6 Å². The van der Waals surface area contributed by atoms with Gasteiger partial charge in [-0.3, -0.25) is 0 Å². The molecule has 106 valence electrons. The van der Waals surface area contributed by atoms with Gasteiger partial charge in [-0.2, -0.15) is 0 Å². The highest BCUT2D eigenvalue weighted by molar-refractivity contribution is 7.78. The third kappa shape index (κ3) is 21.7. The molecular weight excluding hydrogens is 298 g/mol. The highest BCUT2D eigenvalue weighted by Crippen LogP contribution is 2.41. The Morgan fingerprint density at radius 2 is 0.889 bits per heavy atom. The number of nitrogens with one attached hydrogen (secondary N) is 2. The summed E-state index contributed by atoms with van der Waals surface area (Å²) in [5, 5.41) is 14.7. The first-order chi connectivity index (χ1) is 8.61. The van der Waals surface area contributed by atoms with E-state index in [-0.39, 0.29) is 0 Å². The van der Waals surface area contributed by atoms with Crippen molar-refractivity contribution >= 4 is 50.6 Å². The minimum absolute atomic E-state index is 0.416. The molecule has 0 saturated heterocycles. The lowest BCUT2D eigenvalue weighted by atomic mass is 10.9. The average molecular weight is 324 g/mol. The number of thiocarbonyl (C=S) groups is 2. The van der Waals surface area contributed by atoms with Crippen LogP contribution in [0.3, 0.4) is 0 Å². The van der Waals surface area contributed by atoms with Gasteiger partial charge in [0.2, 0.25) is 0 Å². The van der Waals surface area contributed by atoms with Crippen LogP contribution in [0.2, 0.25) is 0 Å². The van der Waals surface area contributed by atoms with E-state index in [2.05, 4.69) is 52.1 Å². The molecule has 2 N–H and O–H groups in total. The highest BCUT2D eigenvalue weighted by atomic mass is 32.1. The molecule has 0 aromatic heterocycles. The second kappa shape index (κ2) is 22.6. The molecule has 0 radical (unpaired) electrons. The maximum absolute atomic E-state index is 5.77. The van der Waals surface area contributed by atoms with Crippen LogP contribution in [0.5, 0.6) is 0 Å². The van der Waals surface area contributed by atoms with Crippen molar-refractivity contribution in [1.29, 1.82) is 10.8 Å². The van der Waals surface area contributed by atoms with E-state index in [4.69, 9.17) is 10.8 Å². The van der Waals surface area contributed by atoms with E-state index in [1.54, 1.807) is 22.6 Å². The fourth-order valence-corrected chi connectivity index (χ4v) is 5.78. The molecule has 0 rings (SSSR count). The monoisotopic (exact) mass is 324 g/mol. The lowest BCUT2D eigenvalue weighted by Gasteiger charge is -2.18. The van der Waals surface area contributed by atoms with Crippen LogP contribution in [0.25, 0.3) is 0 Å². The first-order valence-corrected chi connectivity index (χ1v) is 10.7. The van der Waals surface area contributed by atoms with Crippen molar-refractivity contribution < 1.29 is 0 Å². The molecule has 0 aliphatic rings. The predicted octanol–water partition coefficient (Wildman–Crippen LogP) is 5.37. The zero-order valence-electron chi connectivity index (χ0n) is 12.0. The molecule has 6 heteroatoms. The van der Waals surface area contributed by atoms with E-state index >= 15 is 0 Å². The van der Waals surface area contributed by atoms with Gasteiger partial charge in [-0.1, -0.05) is 27.7 Å². The van der Waals surface area contributed by atoms with Crippen molar-refractivity contribution in [2.24, 2.45) is 0 Å². The lowest BCUT2D eigenvalue weighted by Crippen LogP contribution is -1.97. The van der Waals surface area contributed by atoms with E-state index in [0.29, 0.717) is 15.8 Å². The molecule has 0 aliphatic heterocycles. The van der Waals surface area contributed by atoms with Crippen molar-refractivity contribution in [3.63, 3.8) is 0 Å². The van der Waals surface area contributed by atoms with Crippen LogP contribution < -0.4 is 0 Å². The normalized spacial score (nSPS) is 8.56. The Morgan fingerprint density at radius 1 is 0.722 bits per heavy atom. The topological polar surface area (TPSA) is 47.7 Å². The summed E-state index contributed by atoms with van der Waals surface area (Å²) >= 11 is 7.62. The Balaban J connectivity index is -0.000000315. The third-order valence-corrected chi connectivity index (χ3v) is 8.16. The summed E-state index contributed by atoms with van der Waals surface area (Å²) in [4.78, 5) is 0. The molecule has 0 spiro atoms. The molecule has 0 fully saturated rings. The van der Waals surface area contributed by atoms with E-state index in [1.807, 2.05) is 0 Å². The van der Waals surface area contributed by atoms with Crippen LogP contribution in [0, 0.1) is 10.8 Å². The van der Waals surface area contributed by atoms with Crippen molar-refractivity contribution in [1.82, 2.24) is 0 Å². The molecule has 0 saturated carbocycles. The van der Waals surface area contributed by atoms with Crippen LogP contribution in [0.4, 0.5) is 0 Å². The Morgan fingerprint density at radius 3 is 1.00 bits per heavy atom. The van der Waals surface area contributed by atoms with Gasteiger partial charge < -0.3 is 0 Å². The summed E-state index contributed by atoms with van der Waals surface area (Å²) in [5.41, 5.74) is 0. The van der Waals surface area contributed by atoms with Gasteiger partial charge in [0.1, 0.15) is 0 Å². The second-order valence-corrected chi connectivity index (χ2v) is 9.77. The quantitative estimate of drug-likeness (QED) is 0.376. The molecule has 0 amide bonds. The molecule has 0 unspecified atom stereocenters. The van der Waals surface area contributed by atoms with Gasteiger partial charge in [0, 0.05) is 0 Å². The SMILES string of the molecule is CCP(CC)CCP(CC)CC.N=C=S.N=C=S. The van der Waals surface area contributed by atoms with Gasteiger partial charge in [0.25, 0.3) is 0 Å². The standard InChI is InChI=1S/C10H24P2.2CHNS/c1-5-11(6-2)9-10-12(7-3)8-4;2*2-1-3/h5-10H2,1-4H3;2*2H. The van der Waals surface area contributed by atoms with Gasteiger partial charge >= 0.3 is 0 Å². The van der Waals surface area contributed by atoms with Crippen molar-refractivity contribution in [3.8, 4) is 0 Å². The molecule has 2 nitrogen and oxygen atoms in total. The largest absolute Gasteiger partial charge is 0.248 e. The molecule has 0 heterocycles. The van der Waals surface area contributed by atoms with Gasteiger partial charge in [0.15, 0.2) is 0 Å². The van der Waals surface area contributed by atoms with Crippen molar-refractivity contribution in [2.45, 2.75) is 27.7 Å². The third-order valence-electron chi connectivity index (χ3n) is 2.52. The highest BCUT2D eigenvalue weighted by Gasteiger charge is 2.06. The number of hydrogen-bond donors (Lipinski definition) is 2. The fourth-order valence-electron chi connectivity index (χ4n) is 1.36. The molecular formula is C12H26N2P2S2. The number of rotatable bonds is 7. The summed E-state index contributed by atoms with van der Waals surface area (Å²) in [6, 6.07) is 0. The molecule has 0 bridgehead atoms. The molecule has 0 atom stereocenters. The van der Waals surface area contributed by atoms with E-state index in [9.17, 15) is 0 Å². The zero-order chi connectivity index (χ0) is 14.8. The van der Waals surface area contributed by atoms with Gasteiger partial charge in [-0.05, 0) is 61.4 Å². The van der Waals surface area contributed by atoms with E-state index in [0.717, 1.165) is 0 Å². The van der Waals surface area contributed by atoms with E-state index < -0.39 is 0 Å². The number of hydrogen-bond acceptors (Lipinski definition) is 4.